The second-order valence-electron chi connectivity index (χ2n) is 17.0. The summed E-state index contributed by atoms with van der Waals surface area (Å²) >= 11 is -1.38. The predicted molar refractivity (Wildman–Crippen MR) is 176 cm³/mol. The Hall–Kier alpha value is 0.0500. The van der Waals surface area contributed by atoms with Crippen LogP contribution < -0.4 is 0 Å². The number of alkyl halides is 3. The van der Waals surface area contributed by atoms with E-state index in [0.29, 0.717) is 39.1 Å². The zero-order valence-electron chi connectivity index (χ0n) is 27.6. The number of fused-ring (bicyclic) bond motifs is 4. The molecule has 5 aliphatic heterocycles. The molecular formula is C36H57IO6. The average molecular weight is 713 g/mol. The third-order valence-electron chi connectivity index (χ3n) is 14.6. The van der Waals surface area contributed by atoms with Crippen LogP contribution in [0.5, 0.6) is 0 Å². The van der Waals surface area contributed by atoms with E-state index >= 15 is 0 Å². The minimum absolute atomic E-state index is 0.0447. The molecule has 2 bridgehead atoms. The van der Waals surface area contributed by atoms with E-state index < -0.39 is 31.2 Å². The fourth-order valence-corrected chi connectivity index (χ4v) is 25.4. The molecule has 244 valence electrons. The summed E-state index contributed by atoms with van der Waals surface area (Å²) in [5.74, 6) is 1.75. The standard InChI is InChI=1S/C34H55IO6.C2H2/c1-19-18-38-27(16-21(19)36)39-26-10-12-32-20(2)33(32)14-13-31(7)24-9-8-22-28(30(5,6)37)41-34(24,40-22)17-25(31)35(33)15-11-23(32)29(26,3)4;1-2/h19-28,36-37H,8-18H2,1-7H3;1-2H/t19-,20+,21+,22+,23?,24?,25?,26-,27?,28-,31+,32?,33+,34?;/m0./s1. The zero-order valence-corrected chi connectivity index (χ0v) is 29.8. The molecule has 3 saturated carbocycles. The molecule has 3 aliphatic carbocycles. The van der Waals surface area contributed by atoms with Crippen LogP contribution in [0.2, 0.25) is 0 Å². The third-order valence-corrected chi connectivity index (χ3v) is 25.0. The van der Waals surface area contributed by atoms with Crippen molar-refractivity contribution in [2.24, 2.45) is 39.9 Å². The summed E-state index contributed by atoms with van der Waals surface area (Å²) in [5, 5.41) is 21.5. The molecule has 43 heavy (non-hydrogen) atoms. The zero-order chi connectivity index (χ0) is 31.0. The molecule has 0 aromatic heterocycles. The summed E-state index contributed by atoms with van der Waals surface area (Å²) < 4.78 is 29.5. The first-order chi connectivity index (χ1) is 20.2. The molecule has 6 unspecified atom stereocenters. The summed E-state index contributed by atoms with van der Waals surface area (Å²) in [5.41, 5.74) is 0.0705. The van der Waals surface area contributed by atoms with Gasteiger partial charge in [0.05, 0.1) is 0 Å². The monoisotopic (exact) mass is 712 g/mol. The van der Waals surface area contributed by atoms with Crippen LogP contribution in [0.1, 0.15) is 106 Å². The van der Waals surface area contributed by atoms with Crippen molar-refractivity contribution >= 4 is 19.8 Å². The van der Waals surface area contributed by atoms with Gasteiger partial charge in [0.15, 0.2) is 0 Å². The van der Waals surface area contributed by atoms with Crippen molar-refractivity contribution in [3.8, 4) is 12.8 Å². The molecule has 0 radical (unpaired) electrons. The van der Waals surface area contributed by atoms with Crippen LogP contribution in [0, 0.1) is 52.8 Å². The van der Waals surface area contributed by atoms with E-state index in [1.165, 1.54) is 36.5 Å². The summed E-state index contributed by atoms with van der Waals surface area (Å²) in [6, 6.07) is 0. The van der Waals surface area contributed by atoms with Crippen molar-refractivity contribution < 1.29 is 29.2 Å². The molecule has 5 saturated heterocycles. The number of hydrogen-bond donors (Lipinski definition) is 2. The average Bonchev–Trinajstić information content (AvgIpc) is 3.18. The normalized spacial score (nSPS) is 56.8. The van der Waals surface area contributed by atoms with E-state index in [1.54, 1.807) is 0 Å². The molecule has 6 nitrogen and oxygen atoms in total. The van der Waals surface area contributed by atoms with Crippen LogP contribution in [-0.2, 0) is 18.9 Å². The van der Waals surface area contributed by atoms with E-state index in [0.717, 1.165) is 29.1 Å². The van der Waals surface area contributed by atoms with Crippen LogP contribution in [0.4, 0.5) is 0 Å². The van der Waals surface area contributed by atoms with E-state index in [9.17, 15) is 10.2 Å². The van der Waals surface area contributed by atoms with Crippen LogP contribution in [0.15, 0.2) is 0 Å². The molecule has 0 aromatic carbocycles. The quantitative estimate of drug-likeness (QED) is 0.203. The Labute approximate surface area is 267 Å². The number of halogens is 1. The molecule has 8 rings (SSSR count). The molecule has 3 spiro atoms. The van der Waals surface area contributed by atoms with Gasteiger partial charge in [0.2, 0.25) is 0 Å². The van der Waals surface area contributed by atoms with Gasteiger partial charge in [-0.3, -0.25) is 0 Å². The number of terminal acetylenes is 1. The molecule has 7 heteroatoms. The van der Waals surface area contributed by atoms with Gasteiger partial charge in [0.25, 0.3) is 0 Å². The Balaban J connectivity index is 0.00000147. The molecule has 0 aromatic rings. The van der Waals surface area contributed by atoms with E-state index in [1.807, 2.05) is 13.8 Å². The van der Waals surface area contributed by atoms with Gasteiger partial charge < -0.3 is 0 Å². The number of aliphatic hydroxyl groups excluding tert-OH is 1. The first kappa shape index (κ1) is 31.6. The number of hydrogen-bond acceptors (Lipinski definition) is 6. The van der Waals surface area contributed by atoms with Gasteiger partial charge in [-0.25, -0.2) is 0 Å². The maximum absolute atomic E-state index is 11.0. The molecule has 0 amide bonds. The first-order valence-electron chi connectivity index (χ1n) is 17.2. The molecule has 14 atom stereocenters. The van der Waals surface area contributed by atoms with Crippen molar-refractivity contribution in [1.29, 1.82) is 0 Å². The number of aliphatic hydroxyl groups is 2. The van der Waals surface area contributed by atoms with Crippen molar-refractivity contribution in [3.63, 3.8) is 0 Å². The topological polar surface area (TPSA) is 77.4 Å². The molecular weight excluding hydrogens is 655 g/mol. The predicted octanol–water partition coefficient (Wildman–Crippen LogP) is 6.32. The number of ether oxygens (including phenoxy) is 4. The summed E-state index contributed by atoms with van der Waals surface area (Å²) in [4.78, 5) is 0. The van der Waals surface area contributed by atoms with Gasteiger partial charge in [-0.1, -0.05) is 0 Å². The molecule has 2 N–H and O–H groups in total. The SMILES string of the molecule is C#C.C[C@@H]1C23CC[C@H](OC4C[C@@H](O)[C@@H](C)CO4)C(C)(C)C2CCI2C4CC56O[C@H](CCC5[C@@]4(C)CC[C@]123)[C@@H](C(C)(C)O)O6. The summed E-state index contributed by atoms with van der Waals surface area (Å²) in [6.07, 6.45) is 17.9. The fraction of sp³-hybridized carbons (Fsp3) is 0.944. The van der Waals surface area contributed by atoms with Crippen molar-refractivity contribution in [2.75, 3.05) is 11.0 Å². The van der Waals surface area contributed by atoms with E-state index in [4.69, 9.17) is 18.9 Å². The van der Waals surface area contributed by atoms with Crippen molar-refractivity contribution in [2.45, 2.75) is 156 Å². The summed E-state index contributed by atoms with van der Waals surface area (Å²) in [6.45, 7) is 16.7. The van der Waals surface area contributed by atoms with Gasteiger partial charge in [0, 0.05) is 0 Å². The van der Waals surface area contributed by atoms with Crippen LogP contribution >= 0.6 is 19.8 Å². The summed E-state index contributed by atoms with van der Waals surface area (Å²) in [7, 11) is 0. The molecule has 8 fully saturated rings. The Morgan fingerprint density at radius 1 is 0.953 bits per heavy atom. The van der Waals surface area contributed by atoms with Gasteiger partial charge in [-0.2, -0.15) is 0 Å². The van der Waals surface area contributed by atoms with Crippen LogP contribution in [0.3, 0.4) is 0 Å². The van der Waals surface area contributed by atoms with Crippen LogP contribution in [-0.4, -0.2) is 70.7 Å². The molecule has 8 aliphatic rings. The second kappa shape index (κ2) is 10.0. The Bertz CT molecular complexity index is 1130. The fourth-order valence-electron chi connectivity index (χ4n) is 12.5. The van der Waals surface area contributed by atoms with Gasteiger partial charge in [0.1, 0.15) is 0 Å². The number of rotatable bonds is 3. The van der Waals surface area contributed by atoms with Crippen molar-refractivity contribution in [1.82, 2.24) is 0 Å². The van der Waals surface area contributed by atoms with Crippen LogP contribution in [0.25, 0.3) is 0 Å². The van der Waals surface area contributed by atoms with Gasteiger partial charge in [-0.05, 0) is 0 Å². The van der Waals surface area contributed by atoms with Crippen molar-refractivity contribution in [3.05, 3.63) is 0 Å². The molecule has 5 heterocycles. The maximum atomic E-state index is 11.0. The van der Waals surface area contributed by atoms with E-state index in [2.05, 4.69) is 47.5 Å². The Morgan fingerprint density at radius 3 is 2.40 bits per heavy atom. The Kier molecular flexibility index (Phi) is 7.38. The minimum atomic E-state index is -1.38. The van der Waals surface area contributed by atoms with Gasteiger partial charge in [-0.15, -0.1) is 12.8 Å². The Morgan fingerprint density at radius 2 is 1.70 bits per heavy atom. The van der Waals surface area contributed by atoms with Gasteiger partial charge >= 0.3 is 256 Å². The first-order valence-corrected chi connectivity index (χ1v) is 21.1. The second-order valence-corrected chi connectivity index (χ2v) is 23.8. The van der Waals surface area contributed by atoms with E-state index in [-0.39, 0.29) is 42.0 Å². The third kappa shape index (κ3) is 3.99.